The van der Waals surface area contributed by atoms with Crippen molar-refractivity contribution in [1.29, 1.82) is 0 Å². The Morgan fingerprint density at radius 2 is 1.24 bits per heavy atom. The number of hydrogen-bond acceptors (Lipinski definition) is 2. The van der Waals surface area contributed by atoms with Crippen molar-refractivity contribution in [2.24, 2.45) is 0 Å². The van der Waals surface area contributed by atoms with Crippen LogP contribution in [0.15, 0.2) is 82.4 Å². The molecule has 0 bridgehead atoms. The Labute approximate surface area is 160 Å². The first-order chi connectivity index (χ1) is 13.9. The maximum atomic E-state index is 13.3. The van der Waals surface area contributed by atoms with Gasteiger partial charge >= 0.3 is 17.6 Å². The lowest BCUT2D eigenvalue weighted by Crippen LogP contribution is -2.25. The zero-order chi connectivity index (χ0) is 20.3. The van der Waals surface area contributed by atoms with Gasteiger partial charge in [-0.15, -0.1) is 0 Å². The van der Waals surface area contributed by atoms with Crippen molar-refractivity contribution in [3.8, 4) is 5.69 Å². The Morgan fingerprint density at radius 1 is 0.655 bits per heavy atom. The molecule has 0 saturated carbocycles. The van der Waals surface area contributed by atoms with Crippen LogP contribution in [0.4, 0.5) is 13.2 Å². The average Bonchev–Trinajstić information content (AvgIpc) is 2.98. The Bertz CT molecular complexity index is 1530. The summed E-state index contributed by atoms with van der Waals surface area (Å²) in [5.41, 5.74) is -1.14. The molecule has 0 fully saturated rings. The molecule has 5 rings (SSSR count). The molecule has 144 valence electrons. The Morgan fingerprint density at radius 3 is 1.90 bits per heavy atom. The topological polar surface area (TPSA) is 47.9 Å². The van der Waals surface area contributed by atoms with E-state index in [1.54, 1.807) is 54.6 Å². The van der Waals surface area contributed by atoms with Crippen LogP contribution in [-0.2, 0) is 6.18 Å². The van der Waals surface area contributed by atoms with Crippen LogP contribution in [0.5, 0.6) is 0 Å². The van der Waals surface area contributed by atoms with Crippen LogP contribution in [0.3, 0.4) is 0 Å². The molecule has 5 aromatic rings. The summed E-state index contributed by atoms with van der Waals surface area (Å²) in [4.78, 5) is 26.3. The van der Waals surface area contributed by atoms with Gasteiger partial charge in [-0.3, -0.25) is 0 Å². The van der Waals surface area contributed by atoms with E-state index in [2.05, 4.69) is 0 Å². The van der Waals surface area contributed by atoms with Gasteiger partial charge in [0.05, 0.1) is 22.3 Å². The molecule has 8 heteroatoms. The van der Waals surface area contributed by atoms with Crippen molar-refractivity contribution >= 4 is 21.8 Å². The number of nitrogens with zero attached hydrogens (tertiary/aromatic N) is 3. The quantitative estimate of drug-likeness (QED) is 0.405. The van der Waals surface area contributed by atoms with Crippen molar-refractivity contribution in [1.82, 2.24) is 13.6 Å². The summed E-state index contributed by atoms with van der Waals surface area (Å²) >= 11 is 0. The second-order valence-corrected chi connectivity index (χ2v) is 6.61. The standard InChI is InChI=1S/C21H12F3N3O2/c22-21(23,24)13-10-11-18-16(12-13)15-8-4-5-9-17(15)26-19(28)25(20(29)27(18)26)14-6-2-1-3-7-14/h1-12H. The first kappa shape index (κ1) is 17.3. The van der Waals surface area contributed by atoms with Crippen molar-refractivity contribution in [2.45, 2.75) is 6.18 Å². The lowest BCUT2D eigenvalue weighted by molar-refractivity contribution is -0.137. The van der Waals surface area contributed by atoms with E-state index in [9.17, 15) is 22.8 Å². The number of fused-ring (bicyclic) bond motifs is 6. The number of halogens is 3. The summed E-state index contributed by atoms with van der Waals surface area (Å²) in [5.74, 6) is 0. The molecule has 0 saturated heterocycles. The lowest BCUT2D eigenvalue weighted by Gasteiger charge is -2.11. The number of benzene rings is 3. The van der Waals surface area contributed by atoms with Crippen LogP contribution >= 0.6 is 0 Å². The van der Waals surface area contributed by atoms with Gasteiger partial charge in [-0.05, 0) is 36.4 Å². The van der Waals surface area contributed by atoms with Gasteiger partial charge in [-0.25, -0.2) is 14.2 Å². The molecule has 0 N–H and O–H groups in total. The van der Waals surface area contributed by atoms with E-state index in [-0.39, 0.29) is 10.9 Å². The Kier molecular flexibility index (Phi) is 3.48. The SMILES string of the molecule is O=c1n(-c2ccccc2)c(=O)n2c3ccc(C(F)(F)F)cc3c3ccccc3n12. The molecular formula is C21H12F3N3O2. The molecular weight excluding hydrogens is 383 g/mol. The highest BCUT2D eigenvalue weighted by atomic mass is 19.4. The number of rotatable bonds is 1. The summed E-state index contributed by atoms with van der Waals surface area (Å²) < 4.78 is 43.1. The minimum absolute atomic E-state index is 0.216. The first-order valence-electron chi connectivity index (χ1n) is 8.72. The van der Waals surface area contributed by atoms with E-state index in [0.29, 0.717) is 16.6 Å². The minimum Gasteiger partial charge on any atom is -0.245 e. The van der Waals surface area contributed by atoms with Gasteiger partial charge in [0, 0.05) is 10.8 Å². The van der Waals surface area contributed by atoms with Crippen LogP contribution in [0.25, 0.3) is 27.5 Å². The summed E-state index contributed by atoms with van der Waals surface area (Å²) in [5, 5.41) is 0.684. The van der Waals surface area contributed by atoms with Gasteiger partial charge in [-0.1, -0.05) is 36.4 Å². The second-order valence-electron chi connectivity index (χ2n) is 6.61. The van der Waals surface area contributed by atoms with Crippen molar-refractivity contribution in [3.05, 3.63) is 99.3 Å². The molecule has 2 aromatic heterocycles. The van der Waals surface area contributed by atoms with Crippen LogP contribution in [0, 0.1) is 0 Å². The van der Waals surface area contributed by atoms with Crippen LogP contribution in [-0.4, -0.2) is 13.6 Å². The van der Waals surface area contributed by atoms with Gasteiger partial charge < -0.3 is 0 Å². The highest BCUT2D eigenvalue weighted by Crippen LogP contribution is 2.33. The smallest absolute Gasteiger partial charge is 0.245 e. The van der Waals surface area contributed by atoms with E-state index in [0.717, 1.165) is 21.2 Å². The monoisotopic (exact) mass is 395 g/mol. The van der Waals surface area contributed by atoms with E-state index >= 15 is 0 Å². The number of alkyl halides is 3. The molecule has 29 heavy (non-hydrogen) atoms. The normalized spacial score (nSPS) is 12.2. The lowest BCUT2D eigenvalue weighted by atomic mass is 10.1. The van der Waals surface area contributed by atoms with E-state index in [4.69, 9.17) is 0 Å². The summed E-state index contributed by atoms with van der Waals surface area (Å²) in [6.07, 6.45) is -4.53. The third-order valence-corrected chi connectivity index (χ3v) is 4.93. The molecule has 0 atom stereocenters. The third-order valence-electron chi connectivity index (χ3n) is 4.93. The summed E-state index contributed by atoms with van der Waals surface area (Å²) in [6.45, 7) is 0. The number of aromatic nitrogens is 3. The zero-order valence-electron chi connectivity index (χ0n) is 14.7. The number of hydrogen-bond donors (Lipinski definition) is 0. The summed E-state index contributed by atoms with van der Waals surface area (Å²) in [6, 6.07) is 18.1. The third kappa shape index (κ3) is 2.42. The van der Waals surface area contributed by atoms with Crippen LogP contribution in [0.1, 0.15) is 5.56 Å². The molecule has 0 radical (unpaired) electrons. The molecule has 2 heterocycles. The molecule has 5 nitrogen and oxygen atoms in total. The Balaban J connectivity index is 2.05. The first-order valence-corrected chi connectivity index (χ1v) is 8.72. The predicted molar refractivity (Wildman–Crippen MR) is 103 cm³/mol. The van der Waals surface area contributed by atoms with Gasteiger partial charge in [0.25, 0.3) is 0 Å². The molecule has 0 unspecified atom stereocenters. The number of para-hydroxylation sites is 2. The summed E-state index contributed by atoms with van der Waals surface area (Å²) in [7, 11) is 0. The van der Waals surface area contributed by atoms with E-state index in [1.807, 2.05) is 0 Å². The molecule has 0 aliphatic carbocycles. The van der Waals surface area contributed by atoms with Crippen molar-refractivity contribution in [3.63, 3.8) is 0 Å². The van der Waals surface area contributed by atoms with Crippen LogP contribution in [0.2, 0.25) is 0 Å². The van der Waals surface area contributed by atoms with Crippen LogP contribution < -0.4 is 11.4 Å². The van der Waals surface area contributed by atoms with Gasteiger partial charge in [0.2, 0.25) is 0 Å². The zero-order valence-corrected chi connectivity index (χ0v) is 14.7. The Hall–Kier alpha value is -3.81. The molecule has 0 amide bonds. The predicted octanol–water partition coefficient (Wildman–Crippen LogP) is 3.88. The van der Waals surface area contributed by atoms with Gasteiger partial charge in [0.15, 0.2) is 0 Å². The van der Waals surface area contributed by atoms with Gasteiger partial charge in [0.1, 0.15) is 0 Å². The van der Waals surface area contributed by atoms with Crippen molar-refractivity contribution in [2.75, 3.05) is 0 Å². The average molecular weight is 395 g/mol. The maximum absolute atomic E-state index is 13.3. The van der Waals surface area contributed by atoms with Crippen molar-refractivity contribution < 1.29 is 13.2 Å². The fourth-order valence-corrected chi connectivity index (χ4v) is 3.66. The molecule has 3 aromatic carbocycles. The fraction of sp³-hybridized carbons (Fsp3) is 0.0476. The molecule has 0 aliphatic rings. The van der Waals surface area contributed by atoms with E-state index < -0.39 is 23.1 Å². The molecule has 0 spiro atoms. The van der Waals surface area contributed by atoms with E-state index in [1.165, 1.54) is 10.6 Å². The maximum Gasteiger partial charge on any atom is 0.416 e. The fourth-order valence-electron chi connectivity index (χ4n) is 3.66. The highest BCUT2D eigenvalue weighted by Gasteiger charge is 2.31. The van der Waals surface area contributed by atoms with Gasteiger partial charge in [-0.2, -0.15) is 22.2 Å². The minimum atomic E-state index is -4.53. The largest absolute Gasteiger partial charge is 0.416 e. The molecule has 0 aliphatic heterocycles. The second kappa shape index (κ2) is 5.84. The highest BCUT2D eigenvalue weighted by molar-refractivity contribution is 6.04.